The molecule has 3 rings (SSSR count). The number of guanidine groups is 1. The average Bonchev–Trinajstić information content (AvgIpc) is 3.10. The summed E-state index contributed by atoms with van der Waals surface area (Å²) in [5.74, 6) is 0.952. The van der Waals surface area contributed by atoms with Gasteiger partial charge in [-0.2, -0.15) is 4.99 Å². The van der Waals surface area contributed by atoms with Gasteiger partial charge in [0.2, 0.25) is 0 Å². The lowest BCUT2D eigenvalue weighted by atomic mass is 10.1. The predicted octanol–water partition coefficient (Wildman–Crippen LogP) is 3.38. The molecule has 0 unspecified atom stereocenters. The van der Waals surface area contributed by atoms with Gasteiger partial charge in [-0.15, -0.1) is 0 Å². The smallest absolute Gasteiger partial charge is 0.314 e. The lowest BCUT2D eigenvalue weighted by Crippen LogP contribution is -2.39. The van der Waals surface area contributed by atoms with Gasteiger partial charge in [-0.3, -0.25) is 4.79 Å². The molecule has 50 heavy (non-hydrogen) atoms. The molecule has 16 heteroatoms. The van der Waals surface area contributed by atoms with Gasteiger partial charge in [0.1, 0.15) is 18.1 Å². The van der Waals surface area contributed by atoms with E-state index in [-0.39, 0.29) is 23.7 Å². The number of carbonyl (C=O) groups is 2. The predicted molar refractivity (Wildman–Crippen MR) is 191 cm³/mol. The molecule has 6 N–H and O–H groups in total. The van der Waals surface area contributed by atoms with Crippen LogP contribution in [0.25, 0.3) is 22.2 Å². The molecule has 0 aliphatic rings. The number of hydrogen-bond acceptors (Lipinski definition) is 11. The third kappa shape index (κ3) is 16.5. The highest BCUT2D eigenvalue weighted by Crippen LogP contribution is 2.31. The van der Waals surface area contributed by atoms with E-state index in [1.165, 1.54) is 0 Å². The van der Waals surface area contributed by atoms with E-state index in [4.69, 9.17) is 51.5 Å². The maximum absolute atomic E-state index is 11.8. The quantitative estimate of drug-likeness (QED) is 0.0536. The van der Waals surface area contributed by atoms with Crippen LogP contribution in [0.2, 0.25) is 5.02 Å². The molecular formula is C34H48ClN7O8. The lowest BCUT2D eigenvalue weighted by molar-refractivity contribution is -0.119. The van der Waals surface area contributed by atoms with E-state index in [9.17, 15) is 9.59 Å². The Morgan fingerprint density at radius 3 is 1.94 bits per heavy atom. The molecular weight excluding hydrogens is 670 g/mol. The zero-order valence-electron chi connectivity index (χ0n) is 28.5. The number of nitrogens with one attached hydrogen (secondary N) is 2. The van der Waals surface area contributed by atoms with Crippen molar-refractivity contribution >= 4 is 46.2 Å². The Balaban J connectivity index is 1.14. The first-order valence-electron chi connectivity index (χ1n) is 16.6. The number of carbonyl (C=O) groups excluding carboxylic acids is 2. The van der Waals surface area contributed by atoms with Crippen molar-refractivity contribution in [3.8, 4) is 17.0 Å². The van der Waals surface area contributed by atoms with Crippen LogP contribution in [0, 0.1) is 0 Å². The summed E-state index contributed by atoms with van der Waals surface area (Å²) in [6.07, 6.45) is 1.85. The fourth-order valence-electron chi connectivity index (χ4n) is 4.35. The van der Waals surface area contributed by atoms with Gasteiger partial charge in [0.25, 0.3) is 5.95 Å². The van der Waals surface area contributed by atoms with E-state index >= 15 is 0 Å². The Morgan fingerprint density at radius 2 is 1.34 bits per heavy atom. The zero-order valence-corrected chi connectivity index (χ0v) is 29.3. The first kappa shape index (κ1) is 40.3. The number of urea groups is 1. The number of aliphatic imine (C=N–C) groups is 1. The number of rotatable bonds is 26. The Hall–Kier alpha value is -4.12. The standard InChI is InChI=1S/C34H48ClN7O8/c1-2-27(43)4-3-13-45-16-17-46-14-11-38-34(44)39-12-15-47-18-19-48-20-21-49-22-23-50-28-8-5-25(6-9-28)31-29-24-26(35)7-10-30(29)40-33(41-31)42-32(36)37/h5-10,24H,2-4,11-23H2,1H3,(H2,38,39,44)(H4,36,37,40,41,42). The number of Topliss-reactive ketones (excluding diaryl/α,β-unsaturated/α-hetero) is 1. The largest absolute Gasteiger partial charge is 0.491 e. The molecule has 0 aliphatic heterocycles. The Labute approximate surface area is 297 Å². The lowest BCUT2D eigenvalue weighted by Gasteiger charge is -2.10. The SMILES string of the molecule is CCC(=O)CCCOCCOCCNC(=O)NCCOCCOCCOCCOc1ccc(-c2nc(N=C(N)N)nc3ccc(Cl)cc23)cc1. The van der Waals surface area contributed by atoms with Crippen LogP contribution in [0.1, 0.15) is 26.2 Å². The Kier molecular flexibility index (Phi) is 19.4. The highest BCUT2D eigenvalue weighted by Gasteiger charge is 2.11. The molecule has 0 bridgehead atoms. The summed E-state index contributed by atoms with van der Waals surface area (Å²) in [5, 5.41) is 6.76. The van der Waals surface area contributed by atoms with Crippen molar-refractivity contribution in [2.75, 3.05) is 85.8 Å². The molecule has 1 aromatic heterocycles. The fourth-order valence-corrected chi connectivity index (χ4v) is 4.52. The van der Waals surface area contributed by atoms with Gasteiger partial charge >= 0.3 is 6.03 Å². The van der Waals surface area contributed by atoms with Crippen molar-refractivity contribution in [2.24, 2.45) is 16.5 Å². The minimum atomic E-state index is -0.288. The van der Waals surface area contributed by atoms with Crippen LogP contribution >= 0.6 is 11.6 Å². The summed E-state index contributed by atoms with van der Waals surface area (Å²) in [6, 6.07) is 12.5. The molecule has 274 valence electrons. The molecule has 0 atom stereocenters. The van der Waals surface area contributed by atoms with Crippen LogP contribution < -0.4 is 26.8 Å². The van der Waals surface area contributed by atoms with E-state index < -0.39 is 0 Å². The van der Waals surface area contributed by atoms with Crippen LogP contribution in [0.5, 0.6) is 5.75 Å². The second kappa shape index (κ2) is 24.1. The monoisotopic (exact) mass is 717 g/mol. The van der Waals surface area contributed by atoms with E-state index in [1.807, 2.05) is 31.2 Å². The minimum absolute atomic E-state index is 0.133. The molecule has 0 fully saturated rings. The van der Waals surface area contributed by atoms with Crippen molar-refractivity contribution < 1.29 is 38.0 Å². The Morgan fingerprint density at radius 1 is 0.760 bits per heavy atom. The van der Waals surface area contributed by atoms with Gasteiger partial charge < -0.3 is 50.5 Å². The molecule has 1 heterocycles. The van der Waals surface area contributed by atoms with Gasteiger partial charge in [0.15, 0.2) is 5.96 Å². The molecule has 2 amide bonds. The van der Waals surface area contributed by atoms with E-state index in [2.05, 4.69) is 25.6 Å². The van der Waals surface area contributed by atoms with Crippen LogP contribution in [0.4, 0.5) is 10.7 Å². The molecule has 0 radical (unpaired) electrons. The first-order chi connectivity index (χ1) is 24.4. The number of nitrogens with zero attached hydrogens (tertiary/aromatic N) is 3. The zero-order chi connectivity index (χ0) is 35.8. The highest BCUT2D eigenvalue weighted by atomic mass is 35.5. The van der Waals surface area contributed by atoms with Crippen LogP contribution in [-0.2, 0) is 28.5 Å². The fraction of sp³-hybridized carbons (Fsp3) is 0.500. The number of amides is 2. The van der Waals surface area contributed by atoms with Crippen LogP contribution in [0.15, 0.2) is 47.5 Å². The average molecular weight is 718 g/mol. The number of aromatic nitrogens is 2. The van der Waals surface area contributed by atoms with E-state index in [1.54, 1.807) is 18.2 Å². The number of halogens is 1. The van der Waals surface area contributed by atoms with Crippen molar-refractivity contribution in [1.82, 2.24) is 20.6 Å². The van der Waals surface area contributed by atoms with Crippen LogP contribution in [-0.4, -0.2) is 114 Å². The van der Waals surface area contributed by atoms with Gasteiger partial charge in [-0.25, -0.2) is 14.8 Å². The Bertz CT molecular complexity index is 1480. The van der Waals surface area contributed by atoms with Gasteiger partial charge in [-0.05, 0) is 48.9 Å². The summed E-state index contributed by atoms with van der Waals surface area (Å²) >= 11 is 6.22. The number of hydrogen-bond donors (Lipinski definition) is 4. The maximum Gasteiger partial charge on any atom is 0.314 e. The van der Waals surface area contributed by atoms with E-state index in [0.717, 1.165) is 17.4 Å². The third-order valence-electron chi connectivity index (χ3n) is 6.82. The molecule has 0 aliphatic carbocycles. The molecule has 2 aromatic carbocycles. The van der Waals surface area contributed by atoms with Crippen molar-refractivity contribution in [2.45, 2.75) is 26.2 Å². The number of fused-ring (bicyclic) bond motifs is 1. The normalized spacial score (nSPS) is 11.0. The van der Waals surface area contributed by atoms with Gasteiger partial charge in [0.05, 0.1) is 70.7 Å². The molecule has 0 saturated carbocycles. The maximum atomic E-state index is 11.8. The number of benzene rings is 2. The second-order valence-electron chi connectivity index (χ2n) is 10.7. The summed E-state index contributed by atoms with van der Waals surface area (Å²) < 4.78 is 33.2. The summed E-state index contributed by atoms with van der Waals surface area (Å²) in [4.78, 5) is 35.9. The third-order valence-corrected chi connectivity index (χ3v) is 7.05. The molecule has 0 saturated heterocycles. The summed E-state index contributed by atoms with van der Waals surface area (Å²) in [7, 11) is 0. The van der Waals surface area contributed by atoms with Crippen molar-refractivity contribution in [3.63, 3.8) is 0 Å². The number of ether oxygens (including phenoxy) is 6. The first-order valence-corrected chi connectivity index (χ1v) is 17.0. The topological polar surface area (TPSA) is 204 Å². The molecule has 15 nitrogen and oxygen atoms in total. The second-order valence-corrected chi connectivity index (χ2v) is 11.1. The summed E-state index contributed by atoms with van der Waals surface area (Å²) in [5.41, 5.74) is 13.2. The van der Waals surface area contributed by atoms with Gasteiger partial charge in [0, 0.05) is 48.5 Å². The minimum Gasteiger partial charge on any atom is -0.491 e. The van der Waals surface area contributed by atoms with E-state index in [0.29, 0.717) is 121 Å². The highest BCUT2D eigenvalue weighted by molar-refractivity contribution is 6.31. The molecule has 0 spiro atoms. The van der Waals surface area contributed by atoms with Gasteiger partial charge in [-0.1, -0.05) is 18.5 Å². The summed E-state index contributed by atoms with van der Waals surface area (Å²) in [6.45, 7) is 7.24. The number of nitrogens with two attached hydrogens (primary N) is 2. The van der Waals surface area contributed by atoms with Crippen molar-refractivity contribution in [1.29, 1.82) is 0 Å². The number of ketones is 1. The van der Waals surface area contributed by atoms with Crippen molar-refractivity contribution in [3.05, 3.63) is 47.5 Å². The molecule has 3 aromatic rings. The van der Waals surface area contributed by atoms with Crippen LogP contribution in [0.3, 0.4) is 0 Å².